The van der Waals surface area contributed by atoms with Gasteiger partial charge in [-0.2, -0.15) is 5.10 Å². The Morgan fingerprint density at radius 2 is 2.32 bits per heavy atom. The number of ether oxygens (including phenoxy) is 1. The third kappa shape index (κ3) is 3.68. The molecule has 1 unspecified atom stereocenters. The van der Waals surface area contributed by atoms with Gasteiger partial charge in [0.15, 0.2) is 5.76 Å². The highest BCUT2D eigenvalue weighted by molar-refractivity contribution is 5.56. The van der Waals surface area contributed by atoms with Crippen molar-refractivity contribution in [3.05, 3.63) is 29.7 Å². The Morgan fingerprint density at radius 1 is 1.47 bits per heavy atom. The molecule has 2 aromatic heterocycles. The summed E-state index contributed by atoms with van der Waals surface area (Å²) in [5.41, 5.74) is 2.03. The molecule has 0 saturated carbocycles. The zero-order chi connectivity index (χ0) is 13.7. The van der Waals surface area contributed by atoms with Crippen molar-refractivity contribution in [2.45, 2.75) is 33.4 Å². The molecule has 0 aliphatic carbocycles. The van der Waals surface area contributed by atoms with Crippen molar-refractivity contribution in [1.29, 1.82) is 0 Å². The lowest BCUT2D eigenvalue weighted by Crippen LogP contribution is -2.30. The molecule has 2 heterocycles. The second-order valence-corrected chi connectivity index (χ2v) is 4.62. The summed E-state index contributed by atoms with van der Waals surface area (Å²) in [5, 5.41) is 10.5. The van der Waals surface area contributed by atoms with Crippen LogP contribution >= 0.6 is 0 Å². The Kier molecular flexibility index (Phi) is 4.76. The highest BCUT2D eigenvalue weighted by atomic mass is 16.5. The Hall–Kier alpha value is -1.59. The van der Waals surface area contributed by atoms with E-state index in [1.165, 1.54) is 0 Å². The maximum Gasteiger partial charge on any atom is 0.152 e. The van der Waals surface area contributed by atoms with Crippen LogP contribution in [0.15, 0.2) is 22.7 Å². The van der Waals surface area contributed by atoms with E-state index in [0.29, 0.717) is 12.6 Å². The molecular weight excluding hydrogens is 242 g/mol. The smallest absolute Gasteiger partial charge is 0.152 e. The predicted molar refractivity (Wildman–Crippen MR) is 73.8 cm³/mol. The van der Waals surface area contributed by atoms with Gasteiger partial charge >= 0.3 is 0 Å². The fourth-order valence-electron chi connectivity index (χ4n) is 1.87. The highest BCUT2D eigenvalue weighted by Gasteiger charge is 2.11. The lowest BCUT2D eigenvalue weighted by molar-refractivity contribution is 0.127. The molecule has 0 fully saturated rings. The van der Waals surface area contributed by atoms with Gasteiger partial charge in [-0.15, -0.1) is 0 Å². The van der Waals surface area contributed by atoms with Gasteiger partial charge in [0.05, 0.1) is 12.8 Å². The Balaban J connectivity index is 1.96. The first-order valence-electron chi connectivity index (χ1n) is 6.61. The van der Waals surface area contributed by atoms with Crippen LogP contribution in [0.4, 0.5) is 0 Å². The number of nitrogens with zero attached hydrogens (tertiary/aromatic N) is 1. The van der Waals surface area contributed by atoms with Crippen molar-refractivity contribution in [2.75, 3.05) is 13.2 Å². The molecule has 5 heteroatoms. The molecule has 2 rings (SSSR count). The first-order chi connectivity index (χ1) is 9.20. The average Bonchev–Trinajstić information content (AvgIpc) is 3.02. The van der Waals surface area contributed by atoms with Gasteiger partial charge in [0.2, 0.25) is 0 Å². The Bertz CT molecular complexity index is 504. The molecule has 0 aliphatic rings. The van der Waals surface area contributed by atoms with Gasteiger partial charge in [0.25, 0.3) is 0 Å². The summed E-state index contributed by atoms with van der Waals surface area (Å²) in [6.07, 6.45) is 1.83. The first-order valence-corrected chi connectivity index (χ1v) is 6.61. The number of nitrogens with one attached hydrogen (secondary N) is 2. The molecule has 0 amide bonds. The zero-order valence-corrected chi connectivity index (χ0v) is 11.7. The lowest BCUT2D eigenvalue weighted by Gasteiger charge is -2.13. The maximum atomic E-state index is 5.62. The number of H-pyrrole nitrogens is 1. The van der Waals surface area contributed by atoms with Crippen LogP contribution in [0.25, 0.3) is 11.5 Å². The van der Waals surface area contributed by atoms with E-state index in [2.05, 4.69) is 22.4 Å². The minimum atomic E-state index is 0.307. The van der Waals surface area contributed by atoms with Crippen LogP contribution in [0.3, 0.4) is 0 Å². The highest BCUT2D eigenvalue weighted by Crippen LogP contribution is 2.23. The van der Waals surface area contributed by atoms with Gasteiger partial charge in [0.1, 0.15) is 11.5 Å². The van der Waals surface area contributed by atoms with Crippen LogP contribution in [0.1, 0.15) is 25.2 Å². The summed E-state index contributed by atoms with van der Waals surface area (Å²) >= 11 is 0. The summed E-state index contributed by atoms with van der Waals surface area (Å²) in [6, 6.07) is 4.21. The van der Waals surface area contributed by atoms with Gasteiger partial charge in [-0.25, -0.2) is 0 Å². The topological polar surface area (TPSA) is 63.1 Å². The van der Waals surface area contributed by atoms with E-state index in [4.69, 9.17) is 9.15 Å². The van der Waals surface area contributed by atoms with Crippen molar-refractivity contribution < 1.29 is 9.15 Å². The molecule has 0 aromatic carbocycles. The molecule has 0 radical (unpaired) electrons. The number of aromatic nitrogens is 2. The normalized spacial score (nSPS) is 12.8. The zero-order valence-electron chi connectivity index (χ0n) is 11.7. The molecule has 2 N–H and O–H groups in total. The van der Waals surface area contributed by atoms with Crippen molar-refractivity contribution >= 4 is 0 Å². The summed E-state index contributed by atoms with van der Waals surface area (Å²) in [4.78, 5) is 0. The predicted octanol–water partition coefficient (Wildman–Crippen LogP) is 2.49. The standard InChI is InChI=1S/C14H21N3O2/c1-4-18-9-10(2)15-7-12-8-16-17-14(12)13-6-5-11(3)19-13/h5-6,8,10,15H,4,7,9H2,1-3H3,(H,16,17). The average molecular weight is 263 g/mol. The van der Waals surface area contributed by atoms with Gasteiger partial charge in [0, 0.05) is 24.8 Å². The van der Waals surface area contributed by atoms with E-state index >= 15 is 0 Å². The van der Waals surface area contributed by atoms with Crippen LogP contribution in [-0.4, -0.2) is 29.5 Å². The lowest BCUT2D eigenvalue weighted by atomic mass is 10.2. The van der Waals surface area contributed by atoms with Gasteiger partial charge < -0.3 is 14.5 Å². The number of aromatic amines is 1. The quantitative estimate of drug-likeness (QED) is 0.805. The third-order valence-corrected chi connectivity index (χ3v) is 2.92. The SMILES string of the molecule is CCOCC(C)NCc1cn[nH]c1-c1ccc(C)o1. The fourth-order valence-corrected chi connectivity index (χ4v) is 1.87. The molecule has 0 saturated heterocycles. The number of hydrogen-bond acceptors (Lipinski definition) is 4. The van der Waals surface area contributed by atoms with E-state index in [1.807, 2.05) is 32.2 Å². The van der Waals surface area contributed by atoms with E-state index in [1.54, 1.807) is 0 Å². The Labute approximate surface area is 113 Å². The van der Waals surface area contributed by atoms with E-state index in [0.717, 1.165) is 35.9 Å². The van der Waals surface area contributed by atoms with E-state index < -0.39 is 0 Å². The first kappa shape index (κ1) is 13.8. The second-order valence-electron chi connectivity index (χ2n) is 4.62. The molecule has 0 bridgehead atoms. The van der Waals surface area contributed by atoms with Crippen molar-refractivity contribution in [3.8, 4) is 11.5 Å². The van der Waals surface area contributed by atoms with Crippen LogP contribution in [-0.2, 0) is 11.3 Å². The molecule has 0 spiro atoms. The van der Waals surface area contributed by atoms with E-state index in [-0.39, 0.29) is 0 Å². The molecule has 0 aliphatic heterocycles. The largest absolute Gasteiger partial charge is 0.460 e. The van der Waals surface area contributed by atoms with Crippen molar-refractivity contribution in [2.24, 2.45) is 0 Å². The number of hydrogen-bond donors (Lipinski definition) is 2. The molecule has 2 aromatic rings. The molecule has 19 heavy (non-hydrogen) atoms. The fraction of sp³-hybridized carbons (Fsp3) is 0.500. The van der Waals surface area contributed by atoms with Gasteiger partial charge in [-0.05, 0) is 32.9 Å². The van der Waals surface area contributed by atoms with Crippen molar-refractivity contribution in [3.63, 3.8) is 0 Å². The second kappa shape index (κ2) is 6.54. The number of rotatable bonds is 7. The van der Waals surface area contributed by atoms with Gasteiger partial charge in [-0.1, -0.05) is 0 Å². The third-order valence-electron chi connectivity index (χ3n) is 2.92. The van der Waals surface area contributed by atoms with E-state index in [9.17, 15) is 0 Å². The minimum absolute atomic E-state index is 0.307. The van der Waals surface area contributed by atoms with Gasteiger partial charge in [-0.3, -0.25) is 5.10 Å². The summed E-state index contributed by atoms with van der Waals surface area (Å²) in [6.45, 7) is 8.23. The summed E-state index contributed by atoms with van der Waals surface area (Å²) in [5.74, 6) is 1.72. The Morgan fingerprint density at radius 3 is 3.00 bits per heavy atom. The summed E-state index contributed by atoms with van der Waals surface area (Å²) in [7, 11) is 0. The van der Waals surface area contributed by atoms with Crippen LogP contribution in [0.5, 0.6) is 0 Å². The summed E-state index contributed by atoms with van der Waals surface area (Å²) < 4.78 is 11.0. The number of furan rings is 1. The minimum Gasteiger partial charge on any atom is -0.460 e. The van der Waals surface area contributed by atoms with Crippen LogP contribution in [0, 0.1) is 6.92 Å². The number of aryl methyl sites for hydroxylation is 1. The maximum absolute atomic E-state index is 5.62. The molecule has 5 nitrogen and oxygen atoms in total. The van der Waals surface area contributed by atoms with Crippen LogP contribution < -0.4 is 5.32 Å². The molecular formula is C14H21N3O2. The molecule has 104 valence electrons. The molecule has 1 atom stereocenters. The van der Waals surface area contributed by atoms with Crippen molar-refractivity contribution in [1.82, 2.24) is 15.5 Å². The van der Waals surface area contributed by atoms with Crippen LogP contribution in [0.2, 0.25) is 0 Å². The monoisotopic (exact) mass is 263 g/mol.